The Balaban J connectivity index is 1.89. The van der Waals surface area contributed by atoms with E-state index < -0.39 is 0 Å². The van der Waals surface area contributed by atoms with Gasteiger partial charge in [-0.25, -0.2) is 0 Å². The second kappa shape index (κ2) is 9.25. The summed E-state index contributed by atoms with van der Waals surface area (Å²) in [4.78, 5) is 2.16. The third-order valence-electron chi connectivity index (χ3n) is 3.47. The van der Waals surface area contributed by atoms with Crippen LogP contribution in [0.3, 0.4) is 0 Å². The SMILES string of the molecule is CCOc1ccc(NC(=S)NCc2ccccc2CN(C)C)cc1. The summed E-state index contributed by atoms with van der Waals surface area (Å²) in [6, 6.07) is 16.2. The summed E-state index contributed by atoms with van der Waals surface area (Å²) < 4.78 is 5.44. The van der Waals surface area contributed by atoms with Crippen LogP contribution in [0.25, 0.3) is 0 Å². The van der Waals surface area contributed by atoms with E-state index in [9.17, 15) is 0 Å². The second-order valence-electron chi connectivity index (χ2n) is 5.77. The molecule has 0 fully saturated rings. The Kier molecular flexibility index (Phi) is 7.03. The van der Waals surface area contributed by atoms with Gasteiger partial charge in [0, 0.05) is 18.8 Å². The molecule has 0 saturated carbocycles. The van der Waals surface area contributed by atoms with Crippen LogP contribution in [-0.2, 0) is 13.1 Å². The predicted octanol–water partition coefficient (Wildman–Crippen LogP) is 3.63. The molecular formula is C19H25N3OS. The van der Waals surface area contributed by atoms with Crippen molar-refractivity contribution in [2.24, 2.45) is 0 Å². The third-order valence-corrected chi connectivity index (χ3v) is 3.71. The first-order valence-corrected chi connectivity index (χ1v) is 8.48. The van der Waals surface area contributed by atoms with E-state index in [-0.39, 0.29) is 0 Å². The summed E-state index contributed by atoms with van der Waals surface area (Å²) in [5.74, 6) is 0.861. The molecule has 2 aromatic carbocycles. The summed E-state index contributed by atoms with van der Waals surface area (Å²) in [5.41, 5.74) is 3.50. The molecule has 0 radical (unpaired) electrons. The molecule has 0 atom stereocenters. The van der Waals surface area contributed by atoms with Gasteiger partial charge in [0.25, 0.3) is 0 Å². The molecule has 4 nitrogen and oxygen atoms in total. The highest BCUT2D eigenvalue weighted by atomic mass is 32.1. The Morgan fingerprint density at radius 1 is 1.04 bits per heavy atom. The molecule has 0 aliphatic heterocycles. The lowest BCUT2D eigenvalue weighted by Gasteiger charge is -2.16. The molecule has 0 saturated heterocycles. The van der Waals surface area contributed by atoms with E-state index in [4.69, 9.17) is 17.0 Å². The lowest BCUT2D eigenvalue weighted by atomic mass is 10.1. The number of benzene rings is 2. The second-order valence-corrected chi connectivity index (χ2v) is 6.18. The van der Waals surface area contributed by atoms with Gasteiger partial charge in [-0.1, -0.05) is 24.3 Å². The Morgan fingerprint density at radius 3 is 2.33 bits per heavy atom. The zero-order valence-electron chi connectivity index (χ0n) is 14.5. The lowest BCUT2D eigenvalue weighted by Crippen LogP contribution is -2.28. The summed E-state index contributed by atoms with van der Waals surface area (Å²) in [6.07, 6.45) is 0. The van der Waals surface area contributed by atoms with Crippen LogP contribution in [0, 0.1) is 0 Å². The van der Waals surface area contributed by atoms with Gasteiger partial charge in [0.1, 0.15) is 5.75 Å². The maximum absolute atomic E-state index is 5.44. The van der Waals surface area contributed by atoms with Gasteiger partial charge < -0.3 is 20.3 Å². The molecule has 0 bridgehead atoms. The van der Waals surface area contributed by atoms with Crippen LogP contribution >= 0.6 is 12.2 Å². The first kappa shape index (κ1) is 18.2. The number of thiocarbonyl (C=S) groups is 1. The van der Waals surface area contributed by atoms with E-state index in [0.29, 0.717) is 18.3 Å². The maximum Gasteiger partial charge on any atom is 0.171 e. The van der Waals surface area contributed by atoms with Gasteiger partial charge in [-0.2, -0.15) is 0 Å². The summed E-state index contributed by atoms with van der Waals surface area (Å²) in [7, 11) is 4.14. The predicted molar refractivity (Wildman–Crippen MR) is 105 cm³/mol. The molecule has 2 rings (SSSR count). The molecular weight excluding hydrogens is 318 g/mol. The number of rotatable bonds is 7. The first-order chi connectivity index (χ1) is 11.6. The molecule has 2 N–H and O–H groups in total. The zero-order chi connectivity index (χ0) is 17.4. The van der Waals surface area contributed by atoms with Crippen molar-refractivity contribution in [1.82, 2.24) is 10.2 Å². The standard InChI is InChI=1S/C19H25N3OS/c1-4-23-18-11-9-17(10-12-18)21-19(24)20-13-15-7-5-6-8-16(15)14-22(2)3/h5-12H,4,13-14H2,1-3H3,(H2,20,21,24). The normalized spacial score (nSPS) is 10.5. The maximum atomic E-state index is 5.44. The third kappa shape index (κ3) is 5.83. The van der Waals surface area contributed by atoms with Gasteiger partial charge in [0.15, 0.2) is 5.11 Å². The largest absolute Gasteiger partial charge is 0.494 e. The molecule has 0 spiro atoms. The van der Waals surface area contributed by atoms with E-state index in [1.165, 1.54) is 11.1 Å². The topological polar surface area (TPSA) is 36.5 Å². The van der Waals surface area contributed by atoms with Gasteiger partial charge in [-0.15, -0.1) is 0 Å². The number of hydrogen-bond donors (Lipinski definition) is 2. The molecule has 0 unspecified atom stereocenters. The molecule has 2 aromatic rings. The minimum absolute atomic E-state index is 0.610. The van der Waals surface area contributed by atoms with Gasteiger partial charge in [-0.05, 0) is 68.6 Å². The van der Waals surface area contributed by atoms with Crippen molar-refractivity contribution in [1.29, 1.82) is 0 Å². The van der Waals surface area contributed by atoms with Gasteiger partial charge in [0.2, 0.25) is 0 Å². The highest BCUT2D eigenvalue weighted by Crippen LogP contribution is 2.15. The number of nitrogens with zero attached hydrogens (tertiary/aromatic N) is 1. The van der Waals surface area contributed by atoms with Crippen molar-refractivity contribution in [3.8, 4) is 5.75 Å². The molecule has 0 aliphatic rings. The monoisotopic (exact) mass is 343 g/mol. The van der Waals surface area contributed by atoms with Crippen molar-refractivity contribution in [2.75, 3.05) is 26.0 Å². The number of ether oxygens (including phenoxy) is 1. The number of anilines is 1. The number of nitrogens with one attached hydrogen (secondary N) is 2. The Morgan fingerprint density at radius 2 is 1.71 bits per heavy atom. The van der Waals surface area contributed by atoms with Crippen LogP contribution in [0.15, 0.2) is 48.5 Å². The fourth-order valence-electron chi connectivity index (χ4n) is 2.38. The molecule has 0 aliphatic carbocycles. The van der Waals surface area contributed by atoms with E-state index in [0.717, 1.165) is 18.0 Å². The van der Waals surface area contributed by atoms with Crippen LogP contribution in [0.5, 0.6) is 5.75 Å². The Labute approximate surface area is 149 Å². The molecule has 5 heteroatoms. The van der Waals surface area contributed by atoms with Crippen molar-refractivity contribution in [2.45, 2.75) is 20.0 Å². The fourth-order valence-corrected chi connectivity index (χ4v) is 2.57. The van der Waals surface area contributed by atoms with Crippen molar-refractivity contribution in [3.63, 3.8) is 0 Å². The zero-order valence-corrected chi connectivity index (χ0v) is 15.3. The lowest BCUT2D eigenvalue weighted by molar-refractivity contribution is 0.340. The van der Waals surface area contributed by atoms with E-state index in [2.05, 4.69) is 53.9 Å². The summed E-state index contributed by atoms with van der Waals surface area (Å²) >= 11 is 5.39. The summed E-state index contributed by atoms with van der Waals surface area (Å²) in [5, 5.41) is 7.08. The van der Waals surface area contributed by atoms with E-state index in [1.807, 2.05) is 31.2 Å². The quantitative estimate of drug-likeness (QED) is 0.751. The Bertz CT molecular complexity index is 656. The van der Waals surface area contributed by atoms with Crippen LogP contribution in [0.4, 0.5) is 5.69 Å². The average molecular weight is 343 g/mol. The molecule has 0 amide bonds. The summed E-state index contributed by atoms with van der Waals surface area (Å²) in [6.45, 7) is 4.25. The highest BCUT2D eigenvalue weighted by molar-refractivity contribution is 7.80. The Hall–Kier alpha value is -2.11. The van der Waals surface area contributed by atoms with Gasteiger partial charge >= 0.3 is 0 Å². The van der Waals surface area contributed by atoms with Crippen molar-refractivity contribution in [3.05, 3.63) is 59.7 Å². The van der Waals surface area contributed by atoms with Crippen LogP contribution in [0.1, 0.15) is 18.1 Å². The minimum atomic E-state index is 0.610. The van der Waals surface area contributed by atoms with Crippen molar-refractivity contribution < 1.29 is 4.74 Å². The molecule has 0 aromatic heterocycles. The molecule has 24 heavy (non-hydrogen) atoms. The average Bonchev–Trinajstić information content (AvgIpc) is 2.56. The smallest absolute Gasteiger partial charge is 0.171 e. The molecule has 0 heterocycles. The van der Waals surface area contributed by atoms with E-state index >= 15 is 0 Å². The van der Waals surface area contributed by atoms with Crippen LogP contribution in [0.2, 0.25) is 0 Å². The highest BCUT2D eigenvalue weighted by Gasteiger charge is 2.04. The van der Waals surface area contributed by atoms with Crippen LogP contribution < -0.4 is 15.4 Å². The minimum Gasteiger partial charge on any atom is -0.494 e. The van der Waals surface area contributed by atoms with Crippen LogP contribution in [-0.4, -0.2) is 30.7 Å². The first-order valence-electron chi connectivity index (χ1n) is 8.07. The van der Waals surface area contributed by atoms with Crippen molar-refractivity contribution >= 4 is 23.0 Å². The van der Waals surface area contributed by atoms with Gasteiger partial charge in [0.05, 0.1) is 6.61 Å². The van der Waals surface area contributed by atoms with Gasteiger partial charge in [-0.3, -0.25) is 0 Å². The molecule has 128 valence electrons. The number of hydrogen-bond acceptors (Lipinski definition) is 3. The van der Waals surface area contributed by atoms with E-state index in [1.54, 1.807) is 0 Å². The fraction of sp³-hybridized carbons (Fsp3) is 0.316.